The van der Waals surface area contributed by atoms with Crippen LogP contribution >= 0.6 is 27.7 Å². The van der Waals surface area contributed by atoms with Crippen LogP contribution in [0.4, 0.5) is 5.69 Å². The molecule has 1 nitrogen and oxygen atoms in total. The van der Waals surface area contributed by atoms with Crippen molar-refractivity contribution in [2.75, 3.05) is 18.6 Å². The number of halogens is 1. The molecule has 12 heavy (non-hydrogen) atoms. The Kier molecular flexibility index (Phi) is 3.95. The van der Waals surface area contributed by atoms with Gasteiger partial charge in [0.05, 0.1) is 0 Å². The minimum atomic E-state index is 0.903. The second-order valence-corrected chi connectivity index (χ2v) is 3.78. The Bertz CT molecular complexity index is 240. The van der Waals surface area contributed by atoms with Gasteiger partial charge in [-0.3, -0.25) is 0 Å². The summed E-state index contributed by atoms with van der Waals surface area (Å²) in [7, 11) is 1.95. The molecule has 0 amide bonds. The molecule has 0 unspecified atom stereocenters. The number of rotatable bonds is 3. The summed E-state index contributed by atoms with van der Waals surface area (Å²) in [5.74, 6) is 0. The van der Waals surface area contributed by atoms with E-state index in [1.54, 1.807) is 11.8 Å². The van der Waals surface area contributed by atoms with Crippen LogP contribution in [0, 0.1) is 0 Å². The van der Waals surface area contributed by atoms with E-state index in [9.17, 15) is 0 Å². The number of benzene rings is 1. The van der Waals surface area contributed by atoms with E-state index in [4.69, 9.17) is 0 Å². The summed E-state index contributed by atoms with van der Waals surface area (Å²) in [5, 5.41) is 4.08. The zero-order chi connectivity index (χ0) is 8.97. The van der Waals surface area contributed by atoms with Crippen molar-refractivity contribution in [2.45, 2.75) is 10.2 Å². The van der Waals surface area contributed by atoms with Crippen molar-refractivity contribution in [2.24, 2.45) is 0 Å². The standard InChI is InChI=1S/C9H12BrNS/c1-11-8-4-3-5-9(12-2)7(8)6-10/h3-5,11H,6H2,1-2H3. The summed E-state index contributed by atoms with van der Waals surface area (Å²) in [6.07, 6.45) is 2.10. The maximum Gasteiger partial charge on any atom is 0.0390 e. The Balaban J connectivity index is 3.13. The van der Waals surface area contributed by atoms with Crippen molar-refractivity contribution < 1.29 is 0 Å². The molecule has 1 aromatic rings. The maximum atomic E-state index is 3.49. The largest absolute Gasteiger partial charge is 0.388 e. The Morgan fingerprint density at radius 2 is 2.25 bits per heavy atom. The molecule has 0 saturated carbocycles. The fourth-order valence-corrected chi connectivity index (χ4v) is 2.56. The smallest absolute Gasteiger partial charge is 0.0390 e. The molecule has 0 heterocycles. The predicted molar refractivity (Wildman–Crippen MR) is 60.4 cm³/mol. The molecule has 0 atom stereocenters. The number of alkyl halides is 1. The van der Waals surface area contributed by atoms with Gasteiger partial charge in [-0.2, -0.15) is 0 Å². The van der Waals surface area contributed by atoms with E-state index in [-0.39, 0.29) is 0 Å². The second kappa shape index (κ2) is 4.77. The van der Waals surface area contributed by atoms with E-state index in [0.29, 0.717) is 0 Å². The normalized spacial score (nSPS) is 9.92. The highest BCUT2D eigenvalue weighted by Gasteiger charge is 2.03. The van der Waals surface area contributed by atoms with Gasteiger partial charge in [-0.05, 0) is 24.0 Å². The quantitative estimate of drug-likeness (QED) is 0.648. The first-order valence-corrected chi connectivity index (χ1v) is 6.07. The van der Waals surface area contributed by atoms with Gasteiger partial charge in [0, 0.05) is 23.0 Å². The van der Waals surface area contributed by atoms with Crippen LogP contribution in [0.3, 0.4) is 0 Å². The highest BCUT2D eigenvalue weighted by molar-refractivity contribution is 9.08. The molecule has 0 aliphatic rings. The summed E-state index contributed by atoms with van der Waals surface area (Å²) >= 11 is 5.27. The van der Waals surface area contributed by atoms with Crippen LogP contribution in [0.25, 0.3) is 0 Å². The molecular formula is C9H12BrNS. The highest BCUT2D eigenvalue weighted by atomic mass is 79.9. The number of anilines is 1. The van der Waals surface area contributed by atoms with Crippen molar-refractivity contribution in [3.63, 3.8) is 0 Å². The maximum absolute atomic E-state index is 3.49. The number of hydrogen-bond acceptors (Lipinski definition) is 2. The van der Waals surface area contributed by atoms with E-state index in [0.717, 1.165) is 5.33 Å². The van der Waals surface area contributed by atoms with Gasteiger partial charge < -0.3 is 5.32 Å². The summed E-state index contributed by atoms with van der Waals surface area (Å²) in [4.78, 5) is 1.33. The predicted octanol–water partition coefficient (Wildman–Crippen LogP) is 3.35. The Labute approximate surface area is 86.1 Å². The summed E-state index contributed by atoms with van der Waals surface area (Å²) in [6, 6.07) is 6.31. The van der Waals surface area contributed by atoms with E-state index in [1.165, 1.54) is 16.1 Å². The minimum absolute atomic E-state index is 0.903. The molecule has 0 bridgehead atoms. The highest BCUT2D eigenvalue weighted by Crippen LogP contribution is 2.28. The minimum Gasteiger partial charge on any atom is -0.388 e. The molecule has 1 N–H and O–H groups in total. The van der Waals surface area contributed by atoms with Gasteiger partial charge in [-0.25, -0.2) is 0 Å². The molecule has 0 spiro atoms. The van der Waals surface area contributed by atoms with Crippen molar-refractivity contribution in [3.8, 4) is 0 Å². The average molecular weight is 246 g/mol. The van der Waals surface area contributed by atoms with Crippen molar-refractivity contribution >= 4 is 33.4 Å². The van der Waals surface area contributed by atoms with Gasteiger partial charge in [0.25, 0.3) is 0 Å². The third kappa shape index (κ3) is 1.96. The number of thioether (sulfide) groups is 1. The van der Waals surface area contributed by atoms with Crippen LogP contribution in [0.5, 0.6) is 0 Å². The monoisotopic (exact) mass is 245 g/mol. The number of hydrogen-bond donors (Lipinski definition) is 1. The molecule has 0 saturated heterocycles. The first kappa shape index (κ1) is 9.93. The van der Waals surface area contributed by atoms with E-state index >= 15 is 0 Å². The SMILES string of the molecule is CNc1cccc(SC)c1CBr. The molecule has 0 radical (unpaired) electrons. The van der Waals surface area contributed by atoms with E-state index < -0.39 is 0 Å². The molecule has 0 aliphatic carbocycles. The third-order valence-corrected chi connectivity index (χ3v) is 3.14. The van der Waals surface area contributed by atoms with Crippen LogP contribution in [0.2, 0.25) is 0 Å². The molecular weight excluding hydrogens is 234 g/mol. The Hall–Kier alpha value is -0.150. The van der Waals surface area contributed by atoms with Gasteiger partial charge >= 0.3 is 0 Å². The molecule has 1 aromatic carbocycles. The van der Waals surface area contributed by atoms with Crippen LogP contribution in [-0.4, -0.2) is 13.3 Å². The van der Waals surface area contributed by atoms with E-state index in [1.807, 2.05) is 7.05 Å². The first-order valence-electron chi connectivity index (χ1n) is 3.73. The molecule has 1 rings (SSSR count). The summed E-state index contributed by atoms with van der Waals surface area (Å²) in [6.45, 7) is 0. The fourth-order valence-electron chi connectivity index (χ4n) is 1.13. The Morgan fingerprint density at radius 1 is 1.50 bits per heavy atom. The second-order valence-electron chi connectivity index (χ2n) is 2.37. The van der Waals surface area contributed by atoms with Crippen molar-refractivity contribution in [1.82, 2.24) is 0 Å². The van der Waals surface area contributed by atoms with Crippen LogP contribution in [0.15, 0.2) is 23.1 Å². The molecule has 0 fully saturated rings. The summed E-state index contributed by atoms with van der Waals surface area (Å²) in [5.41, 5.74) is 2.55. The third-order valence-electron chi connectivity index (χ3n) is 1.76. The van der Waals surface area contributed by atoms with Gasteiger partial charge in [0.1, 0.15) is 0 Å². The van der Waals surface area contributed by atoms with Crippen LogP contribution in [0.1, 0.15) is 5.56 Å². The molecule has 66 valence electrons. The topological polar surface area (TPSA) is 12.0 Å². The molecule has 3 heteroatoms. The van der Waals surface area contributed by atoms with Gasteiger partial charge in [-0.1, -0.05) is 22.0 Å². The molecule has 0 aliphatic heterocycles. The van der Waals surface area contributed by atoms with Crippen molar-refractivity contribution in [1.29, 1.82) is 0 Å². The van der Waals surface area contributed by atoms with Crippen LogP contribution < -0.4 is 5.32 Å². The summed E-state index contributed by atoms with van der Waals surface area (Å²) < 4.78 is 0. The lowest BCUT2D eigenvalue weighted by Gasteiger charge is -2.09. The van der Waals surface area contributed by atoms with Gasteiger partial charge in [0.2, 0.25) is 0 Å². The van der Waals surface area contributed by atoms with Crippen LogP contribution in [-0.2, 0) is 5.33 Å². The first-order chi connectivity index (χ1) is 5.83. The lowest BCUT2D eigenvalue weighted by Crippen LogP contribution is -1.94. The lowest BCUT2D eigenvalue weighted by molar-refractivity contribution is 1.27. The average Bonchev–Trinajstić information content (AvgIpc) is 2.16. The van der Waals surface area contributed by atoms with Gasteiger partial charge in [-0.15, -0.1) is 11.8 Å². The lowest BCUT2D eigenvalue weighted by atomic mass is 10.2. The Morgan fingerprint density at radius 3 is 2.75 bits per heavy atom. The van der Waals surface area contributed by atoms with E-state index in [2.05, 4.69) is 45.7 Å². The zero-order valence-electron chi connectivity index (χ0n) is 7.23. The van der Waals surface area contributed by atoms with Gasteiger partial charge in [0.15, 0.2) is 0 Å². The number of nitrogens with one attached hydrogen (secondary N) is 1. The van der Waals surface area contributed by atoms with Crippen molar-refractivity contribution in [3.05, 3.63) is 23.8 Å². The molecule has 0 aromatic heterocycles. The fraction of sp³-hybridized carbons (Fsp3) is 0.333. The zero-order valence-corrected chi connectivity index (χ0v) is 9.63.